The number of hydrogen-bond donors (Lipinski definition) is 1. The monoisotopic (exact) mass is 401 g/mol. The number of ether oxygens (including phenoxy) is 3. The van der Waals surface area contributed by atoms with Crippen molar-refractivity contribution in [3.05, 3.63) is 42.0 Å². The molecule has 0 atom stereocenters. The maximum atomic E-state index is 12.5. The summed E-state index contributed by atoms with van der Waals surface area (Å²) in [7, 11) is 4.68. The summed E-state index contributed by atoms with van der Waals surface area (Å²) < 4.78 is 16.0. The number of carbonyl (C=O) groups is 1. The molecule has 0 unspecified atom stereocenters. The van der Waals surface area contributed by atoms with Gasteiger partial charge in [-0.1, -0.05) is 12.8 Å². The van der Waals surface area contributed by atoms with Gasteiger partial charge >= 0.3 is 0 Å². The van der Waals surface area contributed by atoms with Crippen LogP contribution in [0.4, 0.5) is 5.69 Å². The van der Waals surface area contributed by atoms with Gasteiger partial charge in [0, 0.05) is 15.8 Å². The van der Waals surface area contributed by atoms with E-state index >= 15 is 0 Å². The predicted octanol–water partition coefficient (Wildman–Crippen LogP) is 4.93. The zero-order valence-corrected chi connectivity index (χ0v) is 17.4. The van der Waals surface area contributed by atoms with Crippen LogP contribution in [0.2, 0.25) is 0 Å². The fourth-order valence-electron chi connectivity index (χ4n) is 3.44. The van der Waals surface area contributed by atoms with Crippen LogP contribution in [0.15, 0.2) is 41.3 Å². The zero-order valence-electron chi connectivity index (χ0n) is 16.6. The van der Waals surface area contributed by atoms with Crippen LogP contribution in [0.3, 0.4) is 0 Å². The minimum absolute atomic E-state index is 0.0922. The van der Waals surface area contributed by atoms with Gasteiger partial charge in [-0.25, -0.2) is 0 Å². The predicted molar refractivity (Wildman–Crippen MR) is 113 cm³/mol. The first-order valence-electron chi connectivity index (χ1n) is 9.48. The smallest absolute Gasteiger partial charge is 0.228 e. The van der Waals surface area contributed by atoms with E-state index in [0.717, 1.165) is 16.5 Å². The van der Waals surface area contributed by atoms with Gasteiger partial charge in [0.25, 0.3) is 0 Å². The van der Waals surface area contributed by atoms with E-state index in [9.17, 15) is 4.79 Å². The lowest BCUT2D eigenvalue weighted by atomic mass is 10.1. The van der Waals surface area contributed by atoms with Crippen molar-refractivity contribution in [3.8, 4) is 17.2 Å². The van der Waals surface area contributed by atoms with E-state index in [4.69, 9.17) is 14.2 Å². The Morgan fingerprint density at radius 3 is 2.14 bits per heavy atom. The number of rotatable bonds is 8. The molecule has 28 heavy (non-hydrogen) atoms. The Kier molecular flexibility index (Phi) is 7.09. The summed E-state index contributed by atoms with van der Waals surface area (Å²) in [6, 6.07) is 11.7. The maximum absolute atomic E-state index is 12.5. The number of hydrogen-bond acceptors (Lipinski definition) is 5. The molecule has 2 aromatic carbocycles. The van der Waals surface area contributed by atoms with E-state index in [1.54, 1.807) is 33.5 Å². The molecule has 0 aromatic heterocycles. The number of thioether (sulfide) groups is 1. The van der Waals surface area contributed by atoms with Crippen molar-refractivity contribution < 1.29 is 19.0 Å². The molecule has 1 amide bonds. The standard InChI is InChI=1S/C22H27NO4S/c1-25-19-12-15(13-20(26-2)22(19)27-3)14-21(24)23-16-8-10-18(11-9-16)28-17-6-4-5-7-17/h8-13,17H,4-7,14H2,1-3H3,(H,23,24). The number of anilines is 1. The van der Waals surface area contributed by atoms with Crippen LogP contribution in [0.1, 0.15) is 31.2 Å². The number of benzene rings is 2. The van der Waals surface area contributed by atoms with Crippen LogP contribution in [-0.4, -0.2) is 32.5 Å². The summed E-state index contributed by atoms with van der Waals surface area (Å²) in [5, 5.41) is 3.69. The van der Waals surface area contributed by atoms with Crippen molar-refractivity contribution in [2.75, 3.05) is 26.6 Å². The molecule has 0 spiro atoms. The fraction of sp³-hybridized carbons (Fsp3) is 0.409. The fourth-order valence-corrected chi connectivity index (χ4v) is 4.69. The molecule has 0 radical (unpaired) electrons. The Labute approximate surface area is 170 Å². The van der Waals surface area contributed by atoms with Gasteiger partial charge in [-0.05, 0) is 54.8 Å². The lowest BCUT2D eigenvalue weighted by molar-refractivity contribution is -0.115. The van der Waals surface area contributed by atoms with Gasteiger partial charge in [-0.3, -0.25) is 4.79 Å². The number of methoxy groups -OCH3 is 3. The van der Waals surface area contributed by atoms with Gasteiger partial charge < -0.3 is 19.5 Å². The highest BCUT2D eigenvalue weighted by Crippen LogP contribution is 2.38. The second-order valence-electron chi connectivity index (χ2n) is 6.81. The molecule has 0 bridgehead atoms. The number of nitrogens with one attached hydrogen (secondary N) is 1. The Bertz CT molecular complexity index is 776. The summed E-state index contributed by atoms with van der Waals surface area (Å²) in [5.41, 5.74) is 1.59. The van der Waals surface area contributed by atoms with Gasteiger partial charge in [0.2, 0.25) is 11.7 Å². The first-order chi connectivity index (χ1) is 13.6. The first-order valence-corrected chi connectivity index (χ1v) is 10.4. The third-order valence-electron chi connectivity index (χ3n) is 4.83. The van der Waals surface area contributed by atoms with Crippen LogP contribution >= 0.6 is 11.8 Å². The minimum Gasteiger partial charge on any atom is -0.493 e. The van der Waals surface area contributed by atoms with Gasteiger partial charge in [-0.2, -0.15) is 0 Å². The Morgan fingerprint density at radius 2 is 1.61 bits per heavy atom. The van der Waals surface area contributed by atoms with E-state index in [2.05, 4.69) is 17.4 Å². The van der Waals surface area contributed by atoms with E-state index in [0.29, 0.717) is 17.2 Å². The molecule has 1 N–H and O–H groups in total. The largest absolute Gasteiger partial charge is 0.493 e. The average Bonchev–Trinajstić information content (AvgIpc) is 3.21. The van der Waals surface area contributed by atoms with Gasteiger partial charge in [0.1, 0.15) is 0 Å². The van der Waals surface area contributed by atoms with Gasteiger partial charge in [0.15, 0.2) is 11.5 Å². The summed E-state index contributed by atoms with van der Waals surface area (Å²) in [6.45, 7) is 0. The molecule has 6 heteroatoms. The van der Waals surface area contributed by atoms with Crippen molar-refractivity contribution in [1.82, 2.24) is 0 Å². The van der Waals surface area contributed by atoms with Crippen LogP contribution < -0.4 is 19.5 Å². The van der Waals surface area contributed by atoms with Gasteiger partial charge in [-0.15, -0.1) is 11.8 Å². The highest BCUT2D eigenvalue weighted by atomic mass is 32.2. The lowest BCUT2D eigenvalue weighted by Gasteiger charge is -2.14. The van der Waals surface area contributed by atoms with Crippen LogP contribution in [0.25, 0.3) is 0 Å². The van der Waals surface area contributed by atoms with Crippen LogP contribution in [-0.2, 0) is 11.2 Å². The summed E-state index contributed by atoms with van der Waals surface area (Å²) >= 11 is 1.94. The Hall–Kier alpha value is -2.34. The number of amides is 1. The molecule has 150 valence electrons. The van der Waals surface area contributed by atoms with Crippen molar-refractivity contribution in [3.63, 3.8) is 0 Å². The van der Waals surface area contributed by atoms with Crippen molar-refractivity contribution in [1.29, 1.82) is 0 Å². The first kappa shape index (κ1) is 20.4. The van der Waals surface area contributed by atoms with Crippen molar-refractivity contribution >= 4 is 23.4 Å². The zero-order chi connectivity index (χ0) is 19.9. The highest BCUT2D eigenvalue weighted by Gasteiger charge is 2.17. The quantitative estimate of drug-likeness (QED) is 0.680. The summed E-state index contributed by atoms with van der Waals surface area (Å²) in [5.74, 6) is 1.51. The molecule has 2 aromatic rings. The van der Waals surface area contributed by atoms with Crippen molar-refractivity contribution in [2.24, 2.45) is 0 Å². The second kappa shape index (κ2) is 9.73. The number of carbonyl (C=O) groups excluding carboxylic acids is 1. The van der Waals surface area contributed by atoms with Crippen molar-refractivity contribution in [2.45, 2.75) is 42.2 Å². The van der Waals surface area contributed by atoms with E-state index in [-0.39, 0.29) is 12.3 Å². The molecule has 1 aliphatic rings. The SMILES string of the molecule is COc1cc(CC(=O)Nc2ccc(SC3CCCC3)cc2)cc(OC)c1OC. The second-order valence-corrected chi connectivity index (χ2v) is 8.18. The molecule has 1 saturated carbocycles. The summed E-state index contributed by atoms with van der Waals surface area (Å²) in [4.78, 5) is 13.7. The molecule has 1 aliphatic carbocycles. The molecule has 0 aliphatic heterocycles. The molecule has 1 fully saturated rings. The van der Waals surface area contributed by atoms with E-state index < -0.39 is 0 Å². The average molecular weight is 402 g/mol. The molecule has 5 nitrogen and oxygen atoms in total. The van der Waals surface area contributed by atoms with E-state index in [1.807, 2.05) is 23.9 Å². The third kappa shape index (κ3) is 5.13. The maximum Gasteiger partial charge on any atom is 0.228 e. The van der Waals surface area contributed by atoms with E-state index in [1.165, 1.54) is 30.6 Å². The highest BCUT2D eigenvalue weighted by molar-refractivity contribution is 8.00. The minimum atomic E-state index is -0.0922. The Balaban J connectivity index is 1.62. The normalized spacial score (nSPS) is 14.0. The molecular formula is C22H27NO4S. The molecule has 3 rings (SSSR count). The topological polar surface area (TPSA) is 56.8 Å². The van der Waals surface area contributed by atoms with Crippen LogP contribution in [0.5, 0.6) is 17.2 Å². The lowest BCUT2D eigenvalue weighted by Crippen LogP contribution is -2.14. The Morgan fingerprint density at radius 1 is 1.00 bits per heavy atom. The third-order valence-corrected chi connectivity index (χ3v) is 6.18. The molecular weight excluding hydrogens is 374 g/mol. The summed E-state index contributed by atoms with van der Waals surface area (Å²) in [6.07, 6.45) is 5.50. The van der Waals surface area contributed by atoms with Crippen LogP contribution in [0, 0.1) is 0 Å². The molecule has 0 saturated heterocycles. The van der Waals surface area contributed by atoms with Gasteiger partial charge in [0.05, 0.1) is 27.8 Å². The molecule has 0 heterocycles.